The number of rotatable bonds is 1. The number of hydrogen-bond acceptors (Lipinski definition) is 3. The van der Waals surface area contributed by atoms with E-state index in [1.165, 1.54) is 4.88 Å². The summed E-state index contributed by atoms with van der Waals surface area (Å²) in [4.78, 5) is 13.5. The normalized spacial score (nSPS) is 10.9. The van der Waals surface area contributed by atoms with Crippen LogP contribution in [0.3, 0.4) is 0 Å². The van der Waals surface area contributed by atoms with Crippen molar-refractivity contribution in [2.24, 2.45) is 0 Å². The van der Waals surface area contributed by atoms with E-state index in [1.54, 1.807) is 29.7 Å². The first-order chi connectivity index (χ1) is 8.25. The maximum atomic E-state index is 12.3. The van der Waals surface area contributed by atoms with E-state index in [2.05, 4.69) is 0 Å². The zero-order valence-corrected chi connectivity index (χ0v) is 10.1. The molecule has 0 aliphatic heterocycles. The average Bonchev–Trinajstić information content (AvgIpc) is 2.77. The van der Waals surface area contributed by atoms with Gasteiger partial charge in [0.2, 0.25) is 5.43 Å². The van der Waals surface area contributed by atoms with E-state index in [4.69, 9.17) is 4.42 Å². The molecule has 84 valence electrons. The molecule has 0 saturated heterocycles. The van der Waals surface area contributed by atoms with Crippen LogP contribution in [0.2, 0.25) is 0 Å². The van der Waals surface area contributed by atoms with Gasteiger partial charge in [0.05, 0.1) is 10.9 Å². The summed E-state index contributed by atoms with van der Waals surface area (Å²) in [6, 6.07) is 9.32. The topological polar surface area (TPSA) is 30.2 Å². The Morgan fingerprint density at radius 3 is 2.82 bits per heavy atom. The van der Waals surface area contributed by atoms with Gasteiger partial charge in [-0.1, -0.05) is 12.1 Å². The summed E-state index contributed by atoms with van der Waals surface area (Å²) in [5.41, 5.74) is 2.23. The van der Waals surface area contributed by atoms with Gasteiger partial charge in [0.25, 0.3) is 0 Å². The summed E-state index contributed by atoms with van der Waals surface area (Å²) in [6.45, 7) is 2.02. The summed E-state index contributed by atoms with van der Waals surface area (Å²) >= 11 is 1.63. The highest BCUT2D eigenvalue weighted by Crippen LogP contribution is 2.24. The average molecular weight is 242 g/mol. The SMILES string of the molecule is Cc1cc(-c2coc3ccccc3c2=O)cs1. The zero-order chi connectivity index (χ0) is 11.8. The molecule has 2 nitrogen and oxygen atoms in total. The number of hydrogen-bond donors (Lipinski definition) is 0. The molecule has 0 N–H and O–H groups in total. The lowest BCUT2D eigenvalue weighted by Crippen LogP contribution is -2.03. The molecule has 0 aliphatic rings. The van der Waals surface area contributed by atoms with Gasteiger partial charge in [-0.15, -0.1) is 11.3 Å². The van der Waals surface area contributed by atoms with Crippen LogP contribution in [-0.2, 0) is 0 Å². The van der Waals surface area contributed by atoms with Gasteiger partial charge in [-0.05, 0) is 36.1 Å². The molecule has 0 fully saturated rings. The molecule has 0 aliphatic carbocycles. The van der Waals surface area contributed by atoms with Crippen LogP contribution in [0.25, 0.3) is 22.1 Å². The monoisotopic (exact) mass is 242 g/mol. The van der Waals surface area contributed by atoms with E-state index in [0.717, 1.165) is 5.56 Å². The molecule has 0 radical (unpaired) electrons. The van der Waals surface area contributed by atoms with E-state index in [0.29, 0.717) is 16.5 Å². The van der Waals surface area contributed by atoms with Crippen LogP contribution in [0.1, 0.15) is 4.88 Å². The van der Waals surface area contributed by atoms with Gasteiger partial charge in [0.1, 0.15) is 11.8 Å². The van der Waals surface area contributed by atoms with Crippen molar-refractivity contribution < 1.29 is 4.42 Å². The van der Waals surface area contributed by atoms with Crippen molar-refractivity contribution in [1.29, 1.82) is 0 Å². The molecule has 2 heterocycles. The van der Waals surface area contributed by atoms with E-state index < -0.39 is 0 Å². The first-order valence-electron chi connectivity index (χ1n) is 5.32. The first kappa shape index (κ1) is 10.3. The minimum Gasteiger partial charge on any atom is -0.463 e. The molecule has 0 amide bonds. The highest BCUT2D eigenvalue weighted by atomic mass is 32.1. The summed E-state index contributed by atoms with van der Waals surface area (Å²) in [5, 5.41) is 2.62. The van der Waals surface area contributed by atoms with Crippen molar-refractivity contribution in [3.05, 3.63) is 57.1 Å². The predicted molar refractivity (Wildman–Crippen MR) is 70.5 cm³/mol. The summed E-state index contributed by atoms with van der Waals surface area (Å²) in [6.07, 6.45) is 1.55. The van der Waals surface area contributed by atoms with Crippen molar-refractivity contribution in [3.63, 3.8) is 0 Å². The molecule has 17 heavy (non-hydrogen) atoms. The van der Waals surface area contributed by atoms with Gasteiger partial charge >= 0.3 is 0 Å². The third-order valence-electron chi connectivity index (χ3n) is 2.72. The lowest BCUT2D eigenvalue weighted by molar-refractivity contribution is 0.604. The molecular formula is C14H10O2S. The lowest BCUT2D eigenvalue weighted by atomic mass is 10.1. The maximum Gasteiger partial charge on any atom is 0.200 e. The second-order valence-electron chi connectivity index (χ2n) is 3.92. The van der Waals surface area contributed by atoms with E-state index in [-0.39, 0.29) is 5.43 Å². The van der Waals surface area contributed by atoms with Gasteiger partial charge in [-0.3, -0.25) is 4.79 Å². The minimum atomic E-state index is 0.0321. The van der Waals surface area contributed by atoms with Crippen LogP contribution in [-0.4, -0.2) is 0 Å². The molecule has 3 aromatic rings. The first-order valence-corrected chi connectivity index (χ1v) is 6.20. The summed E-state index contributed by atoms with van der Waals surface area (Å²) in [7, 11) is 0. The second kappa shape index (κ2) is 3.86. The Morgan fingerprint density at radius 1 is 1.24 bits per heavy atom. The smallest absolute Gasteiger partial charge is 0.200 e. The molecule has 0 atom stereocenters. The fourth-order valence-electron chi connectivity index (χ4n) is 1.86. The van der Waals surface area contributed by atoms with E-state index in [9.17, 15) is 4.79 Å². The zero-order valence-electron chi connectivity index (χ0n) is 9.27. The van der Waals surface area contributed by atoms with Crippen molar-refractivity contribution in [3.8, 4) is 11.1 Å². The molecule has 0 saturated carbocycles. The van der Waals surface area contributed by atoms with Crippen LogP contribution >= 0.6 is 11.3 Å². The quantitative estimate of drug-likeness (QED) is 0.649. The number of para-hydroxylation sites is 1. The van der Waals surface area contributed by atoms with Gasteiger partial charge in [-0.25, -0.2) is 0 Å². The number of thiophene rings is 1. The molecule has 0 bridgehead atoms. The molecule has 1 aromatic carbocycles. The van der Waals surface area contributed by atoms with Crippen LogP contribution in [0.5, 0.6) is 0 Å². The Balaban J connectivity index is 2.32. The minimum absolute atomic E-state index is 0.0321. The fourth-order valence-corrected chi connectivity index (χ4v) is 2.56. The van der Waals surface area contributed by atoms with E-state index in [1.807, 2.05) is 30.5 Å². The van der Waals surface area contributed by atoms with Crippen LogP contribution < -0.4 is 5.43 Å². The van der Waals surface area contributed by atoms with Crippen molar-refractivity contribution in [2.45, 2.75) is 6.92 Å². The molecule has 2 aromatic heterocycles. The highest BCUT2D eigenvalue weighted by Gasteiger charge is 2.09. The molecule has 0 spiro atoms. The highest BCUT2D eigenvalue weighted by molar-refractivity contribution is 7.10. The number of aryl methyl sites for hydroxylation is 1. The van der Waals surface area contributed by atoms with Gasteiger partial charge in [0.15, 0.2) is 0 Å². The molecule has 3 heteroatoms. The summed E-state index contributed by atoms with van der Waals surface area (Å²) in [5.74, 6) is 0. The Hall–Kier alpha value is -1.87. The Kier molecular flexibility index (Phi) is 2.34. The fraction of sp³-hybridized carbons (Fsp3) is 0.0714. The molecule has 0 unspecified atom stereocenters. The predicted octanol–water partition coefficient (Wildman–Crippen LogP) is 3.83. The third kappa shape index (κ3) is 1.68. The van der Waals surface area contributed by atoms with Crippen LogP contribution in [0, 0.1) is 6.92 Å². The number of fused-ring (bicyclic) bond motifs is 1. The molecule has 3 rings (SSSR count). The largest absolute Gasteiger partial charge is 0.463 e. The summed E-state index contributed by atoms with van der Waals surface area (Å²) < 4.78 is 5.49. The lowest BCUT2D eigenvalue weighted by Gasteiger charge is -1.99. The van der Waals surface area contributed by atoms with Crippen LogP contribution in [0.15, 0.2) is 51.2 Å². The van der Waals surface area contributed by atoms with Gasteiger partial charge in [0, 0.05) is 4.88 Å². The Bertz CT molecular complexity index is 737. The third-order valence-corrected chi connectivity index (χ3v) is 3.58. The van der Waals surface area contributed by atoms with Gasteiger partial charge < -0.3 is 4.42 Å². The molecular weight excluding hydrogens is 232 g/mol. The number of benzene rings is 1. The Morgan fingerprint density at radius 2 is 2.06 bits per heavy atom. The van der Waals surface area contributed by atoms with Crippen molar-refractivity contribution >= 4 is 22.3 Å². The Labute approximate surface area is 102 Å². The van der Waals surface area contributed by atoms with Crippen molar-refractivity contribution in [1.82, 2.24) is 0 Å². The maximum absolute atomic E-state index is 12.3. The second-order valence-corrected chi connectivity index (χ2v) is 5.04. The van der Waals surface area contributed by atoms with Crippen molar-refractivity contribution in [2.75, 3.05) is 0 Å². The standard InChI is InChI=1S/C14H10O2S/c1-9-6-10(8-17-9)12-7-16-13-5-3-2-4-11(13)14(12)15/h2-8H,1H3. The van der Waals surface area contributed by atoms with Gasteiger partial charge in [-0.2, -0.15) is 0 Å². The van der Waals surface area contributed by atoms with Crippen LogP contribution in [0.4, 0.5) is 0 Å². The van der Waals surface area contributed by atoms with E-state index >= 15 is 0 Å².